The number of guanidine groups is 1. The van der Waals surface area contributed by atoms with Crippen LogP contribution in [0.1, 0.15) is 6.23 Å². The summed E-state index contributed by atoms with van der Waals surface area (Å²) in [7, 11) is 0. The molecule has 11 atom stereocenters. The molecule has 7 rings (SSSR count). The van der Waals surface area contributed by atoms with Crippen molar-refractivity contribution in [1.29, 1.82) is 5.41 Å². The van der Waals surface area contributed by atoms with Crippen LogP contribution in [0.25, 0.3) is 11.2 Å². The zero-order valence-electron chi connectivity index (χ0n) is 22.1. The second-order valence-electron chi connectivity index (χ2n) is 10.1. The summed E-state index contributed by atoms with van der Waals surface area (Å²) in [5, 5.41) is 28.6. The number of fused-ring (bicyclic) bond motifs is 5. The van der Waals surface area contributed by atoms with Gasteiger partial charge in [-0.05, 0) is 11.8 Å². The standard InChI is InChI=1S/C19H21FN10O11P2S2/c20-7-11-6(39-17(7)30-13-9(27-28-30)15(32)23-3-22-13)2-37-43(35,45)41-12-10(31)5(1-36-42(34,44)40-11)38-18(12)29-4-24-8-14(29)25-19(21)26-16(8)33/h3-8,10-12,17-18,31H,1-2H2,(H,34,44)(H,35,45)(H2,21,26,33)(H,22,23,32)/t5-,6-,7+,8?,10-,11-,12-,17-,18-,42?,43?/m1/s1. The van der Waals surface area contributed by atoms with Crippen molar-refractivity contribution in [3.05, 3.63) is 16.7 Å². The molecule has 2 aromatic rings. The molecule has 2 bridgehead atoms. The van der Waals surface area contributed by atoms with E-state index in [4.69, 9.17) is 44.8 Å². The molecule has 21 nitrogen and oxygen atoms in total. The van der Waals surface area contributed by atoms with Gasteiger partial charge in [-0.2, -0.15) is 9.67 Å². The first-order valence-electron chi connectivity index (χ1n) is 12.8. The summed E-state index contributed by atoms with van der Waals surface area (Å²) >= 11 is 9.13. The predicted octanol–water partition coefficient (Wildman–Crippen LogP) is -1.92. The summed E-state index contributed by atoms with van der Waals surface area (Å²) in [5.41, 5.74) is -0.967. The first-order chi connectivity index (χ1) is 21.3. The van der Waals surface area contributed by atoms with E-state index in [9.17, 15) is 24.2 Å². The van der Waals surface area contributed by atoms with Gasteiger partial charge in [-0.1, -0.05) is 17.5 Å². The van der Waals surface area contributed by atoms with Crippen LogP contribution in [0.3, 0.4) is 0 Å². The molecule has 3 fully saturated rings. The van der Waals surface area contributed by atoms with E-state index in [2.05, 4.69) is 47.8 Å². The number of nitrogens with zero attached hydrogens (tertiary/aromatic N) is 7. The van der Waals surface area contributed by atoms with E-state index in [1.165, 1.54) is 11.2 Å². The van der Waals surface area contributed by atoms with E-state index in [0.717, 1.165) is 11.0 Å². The van der Waals surface area contributed by atoms with Gasteiger partial charge in [-0.25, -0.2) is 13.9 Å². The van der Waals surface area contributed by atoms with Crippen molar-refractivity contribution in [1.82, 2.24) is 35.2 Å². The molecule has 5 aliphatic rings. The number of amidine groups is 1. The number of nitrogens with one attached hydrogen (secondary N) is 3. The largest absolute Gasteiger partial charge is 0.387 e. The lowest BCUT2D eigenvalue weighted by atomic mass is 10.1. The molecule has 3 unspecified atom stereocenters. The van der Waals surface area contributed by atoms with Crippen molar-refractivity contribution < 1.29 is 51.3 Å². The highest BCUT2D eigenvalue weighted by Crippen LogP contribution is 2.57. The first kappa shape index (κ1) is 31.0. The van der Waals surface area contributed by atoms with Crippen LogP contribution in [0.15, 0.2) is 21.1 Å². The number of ether oxygens (including phenoxy) is 2. The highest BCUT2D eigenvalue weighted by Gasteiger charge is 2.55. The number of aromatic nitrogens is 5. The number of alkyl halides is 1. The number of aliphatic imine (C=N–C) groups is 2. The second-order valence-corrected chi connectivity index (χ2v) is 15.7. The minimum absolute atomic E-state index is 0.0397. The van der Waals surface area contributed by atoms with Crippen molar-refractivity contribution in [2.24, 2.45) is 9.98 Å². The van der Waals surface area contributed by atoms with Gasteiger partial charge in [-0.3, -0.25) is 43.8 Å². The average molecular weight is 711 g/mol. The van der Waals surface area contributed by atoms with Crippen LogP contribution in [0.5, 0.6) is 0 Å². The molecular formula is C19H21FN10O11P2S2. The molecule has 242 valence electrons. The zero-order chi connectivity index (χ0) is 31.8. The Morgan fingerprint density at radius 1 is 1.16 bits per heavy atom. The third-order valence-corrected chi connectivity index (χ3v) is 10.4. The Kier molecular flexibility index (Phi) is 7.78. The van der Waals surface area contributed by atoms with E-state index < -0.39 is 99.3 Å². The summed E-state index contributed by atoms with van der Waals surface area (Å²) in [6.45, 7) is -10.1. The van der Waals surface area contributed by atoms with Gasteiger partial charge >= 0.3 is 13.5 Å². The number of halogens is 1. The van der Waals surface area contributed by atoms with E-state index in [0.29, 0.717) is 0 Å². The number of carbonyl (C=O) groups excluding carboxylic acids is 1. The van der Waals surface area contributed by atoms with Gasteiger partial charge in [0.1, 0.15) is 30.5 Å². The summed E-state index contributed by atoms with van der Waals surface area (Å²) in [4.78, 5) is 50.8. The first-order valence-corrected chi connectivity index (χ1v) is 18.1. The van der Waals surface area contributed by atoms with Crippen molar-refractivity contribution in [2.45, 2.75) is 55.2 Å². The van der Waals surface area contributed by atoms with Crippen LogP contribution in [0.4, 0.5) is 4.39 Å². The predicted molar refractivity (Wildman–Crippen MR) is 152 cm³/mol. The Balaban J connectivity index is 1.18. The monoisotopic (exact) mass is 710 g/mol. The number of hydrogen-bond donors (Lipinski definition) is 6. The van der Waals surface area contributed by atoms with E-state index in [1.54, 1.807) is 0 Å². The van der Waals surface area contributed by atoms with Crippen molar-refractivity contribution in [2.75, 3.05) is 13.2 Å². The number of carbonyl (C=O) groups is 1. The second kappa shape index (κ2) is 11.3. The van der Waals surface area contributed by atoms with Crippen LogP contribution in [0, 0.1) is 5.41 Å². The van der Waals surface area contributed by atoms with Gasteiger partial charge in [0, 0.05) is 0 Å². The van der Waals surface area contributed by atoms with Crippen molar-refractivity contribution >= 4 is 72.8 Å². The van der Waals surface area contributed by atoms with E-state index in [1.807, 2.05) is 0 Å². The van der Waals surface area contributed by atoms with Crippen LogP contribution in [0.2, 0.25) is 0 Å². The molecule has 0 spiro atoms. The molecule has 26 heteroatoms. The lowest BCUT2D eigenvalue weighted by molar-refractivity contribution is -0.119. The summed E-state index contributed by atoms with van der Waals surface area (Å²) < 4.78 is 63.9. The highest BCUT2D eigenvalue weighted by molar-refractivity contribution is 8.44. The Morgan fingerprint density at radius 3 is 2.71 bits per heavy atom. The molecule has 7 heterocycles. The van der Waals surface area contributed by atoms with Crippen LogP contribution in [-0.4, -0.2) is 126 Å². The number of rotatable bonds is 2. The molecule has 45 heavy (non-hydrogen) atoms. The average Bonchev–Trinajstić information content (AvgIpc) is 3.72. The van der Waals surface area contributed by atoms with Gasteiger partial charge in [0.05, 0.1) is 25.9 Å². The molecule has 0 aliphatic carbocycles. The minimum Gasteiger partial charge on any atom is -0.387 e. The number of aliphatic hydroxyl groups is 1. The maximum absolute atomic E-state index is 15.9. The topological polar surface area (TPSA) is 270 Å². The zero-order valence-corrected chi connectivity index (χ0v) is 25.6. The van der Waals surface area contributed by atoms with Gasteiger partial charge in [-0.15, -0.1) is 5.10 Å². The lowest BCUT2D eigenvalue weighted by Gasteiger charge is -2.31. The number of H-pyrrole nitrogens is 1. The maximum Gasteiger partial charge on any atom is 0.386 e. The van der Waals surface area contributed by atoms with Crippen molar-refractivity contribution in [3.8, 4) is 0 Å². The molecular weight excluding hydrogens is 689 g/mol. The number of aliphatic hydroxyl groups excluding tert-OH is 1. The molecule has 0 radical (unpaired) electrons. The minimum atomic E-state index is -4.45. The number of thiol groups is 1. The smallest absolute Gasteiger partial charge is 0.386 e. The van der Waals surface area contributed by atoms with Gasteiger partial charge < -0.3 is 29.0 Å². The summed E-state index contributed by atoms with van der Waals surface area (Å²) in [6, 6.07) is -1.13. The third-order valence-electron chi connectivity index (χ3n) is 7.24. The Hall–Kier alpha value is -2.60. The molecule has 0 aromatic carbocycles. The SMILES string of the molecule is N=C1N=C2C(N=CN2[C@@H]2O[C@@H]3COP(O)(=S)O[C@H]4[C@H](F)[C@H](n5nnc6c(=O)[nH]cnc65)O[C@@H]4COP(=O)(S)O[C@@H]2[C@@H]3O)C(=O)N1. The molecule has 5 aliphatic heterocycles. The van der Waals surface area contributed by atoms with Gasteiger partial charge in [0.2, 0.25) is 5.96 Å². The van der Waals surface area contributed by atoms with Crippen LogP contribution < -0.4 is 10.9 Å². The van der Waals surface area contributed by atoms with Crippen molar-refractivity contribution in [3.63, 3.8) is 0 Å². The van der Waals surface area contributed by atoms with Gasteiger partial charge in [0.15, 0.2) is 41.7 Å². The fraction of sp³-hybridized carbons (Fsp3) is 0.579. The molecule has 2 aromatic heterocycles. The molecule has 1 amide bonds. The Bertz CT molecular complexity index is 1800. The Morgan fingerprint density at radius 2 is 1.91 bits per heavy atom. The summed E-state index contributed by atoms with van der Waals surface area (Å²) in [5.74, 6) is -1.15. The Labute approximate surface area is 259 Å². The maximum atomic E-state index is 15.9. The van der Waals surface area contributed by atoms with Crippen LogP contribution in [-0.2, 0) is 48.7 Å². The fourth-order valence-corrected chi connectivity index (χ4v) is 8.13. The molecule has 5 N–H and O–H groups in total. The number of hydrogen-bond acceptors (Lipinski definition) is 17. The fourth-order valence-electron chi connectivity index (χ4n) is 5.23. The molecule has 3 saturated heterocycles. The van der Waals surface area contributed by atoms with Gasteiger partial charge in [0.25, 0.3) is 11.5 Å². The normalized spacial score (nSPS) is 42.0. The highest BCUT2D eigenvalue weighted by atomic mass is 32.7. The third kappa shape index (κ3) is 5.57. The molecule has 0 saturated carbocycles. The lowest BCUT2D eigenvalue weighted by Crippen LogP contribution is -2.53. The van der Waals surface area contributed by atoms with E-state index >= 15 is 4.39 Å². The number of aromatic amines is 1. The summed E-state index contributed by atoms with van der Waals surface area (Å²) in [6.07, 6.45) is -10.5. The number of amides is 1. The quantitative estimate of drug-likeness (QED) is 0.147. The van der Waals surface area contributed by atoms with Crippen LogP contribution >= 0.6 is 25.8 Å². The van der Waals surface area contributed by atoms with E-state index in [-0.39, 0.29) is 17.0 Å².